The number of likely N-dealkylation sites (tertiary alicyclic amines) is 1. The van der Waals surface area contributed by atoms with Gasteiger partial charge in [0, 0.05) is 12.6 Å². The molecule has 2 heterocycles. The van der Waals surface area contributed by atoms with Crippen LogP contribution >= 0.6 is 0 Å². The van der Waals surface area contributed by atoms with Crippen LogP contribution in [0.25, 0.3) is 0 Å². The van der Waals surface area contributed by atoms with Gasteiger partial charge in [-0.3, -0.25) is 19.9 Å². The molecule has 102 valence electrons. The van der Waals surface area contributed by atoms with E-state index in [4.69, 9.17) is 5.84 Å². The number of amides is 2. The Morgan fingerprint density at radius 1 is 1.56 bits per heavy atom. The van der Waals surface area contributed by atoms with Crippen molar-refractivity contribution in [2.24, 2.45) is 17.7 Å². The number of hydrogen-bond donors (Lipinski definition) is 3. The zero-order valence-corrected chi connectivity index (χ0v) is 11.0. The Kier molecular flexibility index (Phi) is 3.87. The molecular formula is C12H22N4O2. The first-order valence-corrected chi connectivity index (χ1v) is 6.60. The number of piperidine rings is 1. The molecular weight excluding hydrogens is 232 g/mol. The predicted molar refractivity (Wildman–Crippen MR) is 67.2 cm³/mol. The highest BCUT2D eigenvalue weighted by molar-refractivity contribution is 5.83. The molecule has 4 N–H and O–H groups in total. The number of rotatable bonds is 3. The van der Waals surface area contributed by atoms with Gasteiger partial charge < -0.3 is 5.32 Å². The van der Waals surface area contributed by atoms with Crippen LogP contribution in [0.15, 0.2) is 0 Å². The fourth-order valence-corrected chi connectivity index (χ4v) is 3.25. The topological polar surface area (TPSA) is 87.5 Å². The van der Waals surface area contributed by atoms with Crippen molar-refractivity contribution in [3.8, 4) is 0 Å². The number of nitrogens with zero attached hydrogens (tertiary/aromatic N) is 1. The van der Waals surface area contributed by atoms with Crippen molar-refractivity contribution in [1.29, 1.82) is 0 Å². The number of hydrazine groups is 1. The van der Waals surface area contributed by atoms with Crippen LogP contribution in [0.4, 0.5) is 0 Å². The van der Waals surface area contributed by atoms with Crippen LogP contribution in [-0.4, -0.2) is 41.9 Å². The molecule has 0 aromatic heterocycles. The lowest BCUT2D eigenvalue weighted by Gasteiger charge is -2.41. The van der Waals surface area contributed by atoms with E-state index in [1.165, 1.54) is 0 Å². The van der Waals surface area contributed by atoms with Crippen molar-refractivity contribution in [3.05, 3.63) is 0 Å². The first-order valence-electron chi connectivity index (χ1n) is 6.60. The van der Waals surface area contributed by atoms with Gasteiger partial charge in [0.05, 0.1) is 12.0 Å². The van der Waals surface area contributed by atoms with Crippen LogP contribution in [0.1, 0.15) is 26.7 Å². The Morgan fingerprint density at radius 2 is 2.28 bits per heavy atom. The minimum absolute atomic E-state index is 0.0329. The van der Waals surface area contributed by atoms with Gasteiger partial charge >= 0.3 is 0 Å². The number of fused-ring (bicyclic) bond motifs is 1. The van der Waals surface area contributed by atoms with Gasteiger partial charge in [-0.15, -0.1) is 0 Å². The second-order valence-electron chi connectivity index (χ2n) is 5.50. The summed E-state index contributed by atoms with van der Waals surface area (Å²) in [5.41, 5.74) is 2.25. The molecule has 0 aliphatic carbocycles. The van der Waals surface area contributed by atoms with E-state index in [9.17, 15) is 9.59 Å². The van der Waals surface area contributed by atoms with Gasteiger partial charge in [-0.2, -0.15) is 0 Å². The average molecular weight is 254 g/mol. The third kappa shape index (κ3) is 2.22. The maximum absolute atomic E-state index is 11.9. The van der Waals surface area contributed by atoms with E-state index in [1.54, 1.807) is 0 Å². The Morgan fingerprint density at radius 3 is 2.89 bits per heavy atom. The number of carbonyl (C=O) groups is 2. The van der Waals surface area contributed by atoms with Gasteiger partial charge in [0.25, 0.3) is 5.91 Å². The van der Waals surface area contributed by atoms with Gasteiger partial charge in [0.1, 0.15) is 0 Å². The Balaban J connectivity index is 2.19. The minimum Gasteiger partial charge on any atom is -0.354 e. The summed E-state index contributed by atoms with van der Waals surface area (Å²) in [5.74, 6) is 5.44. The lowest BCUT2D eigenvalue weighted by Crippen LogP contribution is -2.58. The summed E-state index contributed by atoms with van der Waals surface area (Å²) in [5, 5.41) is 2.90. The molecule has 6 nitrogen and oxygen atoms in total. The zero-order chi connectivity index (χ0) is 13.3. The second-order valence-corrected chi connectivity index (χ2v) is 5.50. The zero-order valence-electron chi connectivity index (χ0n) is 11.0. The van der Waals surface area contributed by atoms with E-state index >= 15 is 0 Å². The van der Waals surface area contributed by atoms with Crippen molar-refractivity contribution in [3.63, 3.8) is 0 Å². The Bertz CT molecular complexity index is 345. The van der Waals surface area contributed by atoms with Crippen LogP contribution < -0.4 is 16.6 Å². The lowest BCUT2D eigenvalue weighted by molar-refractivity contribution is -0.132. The molecule has 6 heteroatoms. The number of hydrogen-bond acceptors (Lipinski definition) is 4. The highest BCUT2D eigenvalue weighted by atomic mass is 16.2. The smallest absolute Gasteiger partial charge is 0.251 e. The maximum atomic E-state index is 11.9. The van der Waals surface area contributed by atoms with Crippen molar-refractivity contribution in [2.45, 2.75) is 38.8 Å². The van der Waals surface area contributed by atoms with Crippen LogP contribution in [0, 0.1) is 11.8 Å². The van der Waals surface area contributed by atoms with Crippen LogP contribution in [0.5, 0.6) is 0 Å². The van der Waals surface area contributed by atoms with E-state index in [0.717, 1.165) is 19.4 Å². The molecule has 2 saturated heterocycles. The first-order chi connectivity index (χ1) is 8.56. The van der Waals surface area contributed by atoms with Gasteiger partial charge in [0.2, 0.25) is 5.91 Å². The van der Waals surface area contributed by atoms with Gasteiger partial charge in [0.15, 0.2) is 0 Å². The van der Waals surface area contributed by atoms with Gasteiger partial charge in [-0.25, -0.2) is 5.84 Å². The third-order valence-electron chi connectivity index (χ3n) is 4.04. The lowest BCUT2D eigenvalue weighted by atomic mass is 9.88. The molecule has 0 spiro atoms. The summed E-state index contributed by atoms with van der Waals surface area (Å²) in [7, 11) is 0. The average Bonchev–Trinajstić information content (AvgIpc) is 2.72. The second kappa shape index (κ2) is 5.24. The molecule has 2 rings (SSSR count). The summed E-state index contributed by atoms with van der Waals surface area (Å²) >= 11 is 0. The summed E-state index contributed by atoms with van der Waals surface area (Å²) in [6.45, 7) is 5.51. The molecule has 3 unspecified atom stereocenters. The molecule has 0 aromatic carbocycles. The fourth-order valence-electron chi connectivity index (χ4n) is 3.25. The molecule has 2 amide bonds. The van der Waals surface area contributed by atoms with E-state index in [2.05, 4.69) is 15.6 Å². The normalized spacial score (nSPS) is 29.9. The van der Waals surface area contributed by atoms with E-state index in [0.29, 0.717) is 6.54 Å². The highest BCUT2D eigenvalue weighted by Crippen LogP contribution is 2.30. The quantitative estimate of drug-likeness (QED) is 0.350. The maximum Gasteiger partial charge on any atom is 0.251 e. The summed E-state index contributed by atoms with van der Waals surface area (Å²) in [6.07, 6.45) is 1.87. The van der Waals surface area contributed by atoms with Crippen LogP contribution in [0.3, 0.4) is 0 Å². The monoisotopic (exact) mass is 254 g/mol. The molecule has 3 atom stereocenters. The predicted octanol–water partition coefficient (Wildman–Crippen LogP) is -0.789. The highest BCUT2D eigenvalue weighted by Gasteiger charge is 2.45. The molecule has 0 aromatic rings. The van der Waals surface area contributed by atoms with Crippen molar-refractivity contribution in [1.82, 2.24) is 15.6 Å². The SMILES string of the molecule is CC(C)C(C(=O)NN)N1CCCC2C(=O)NCC21. The largest absolute Gasteiger partial charge is 0.354 e. The van der Waals surface area contributed by atoms with Gasteiger partial charge in [-0.1, -0.05) is 13.8 Å². The number of nitrogens with two attached hydrogens (primary N) is 1. The minimum atomic E-state index is -0.254. The standard InChI is InChI=1S/C12H22N4O2/c1-7(2)10(12(18)15-13)16-5-3-4-8-9(16)6-14-11(8)17/h7-10H,3-6,13H2,1-2H3,(H,14,17)(H,15,18). The Hall–Kier alpha value is -1.14. The summed E-state index contributed by atoms with van der Waals surface area (Å²) in [4.78, 5) is 25.8. The number of carbonyl (C=O) groups excluding carboxylic acids is 2. The van der Waals surface area contributed by atoms with E-state index < -0.39 is 0 Å². The molecule has 0 saturated carbocycles. The van der Waals surface area contributed by atoms with Crippen molar-refractivity contribution in [2.75, 3.05) is 13.1 Å². The van der Waals surface area contributed by atoms with E-state index in [1.807, 2.05) is 13.8 Å². The van der Waals surface area contributed by atoms with E-state index in [-0.39, 0.29) is 35.7 Å². The Labute approximate surface area is 107 Å². The van der Waals surface area contributed by atoms with Crippen molar-refractivity contribution >= 4 is 11.8 Å². The molecule has 18 heavy (non-hydrogen) atoms. The first kappa shape index (κ1) is 13.3. The van der Waals surface area contributed by atoms with Gasteiger partial charge in [-0.05, 0) is 25.3 Å². The fraction of sp³-hybridized carbons (Fsp3) is 0.833. The molecule has 2 aliphatic heterocycles. The van der Waals surface area contributed by atoms with Crippen molar-refractivity contribution < 1.29 is 9.59 Å². The molecule has 2 aliphatic rings. The third-order valence-corrected chi connectivity index (χ3v) is 4.04. The van der Waals surface area contributed by atoms with Crippen LogP contribution in [-0.2, 0) is 9.59 Å². The number of nitrogens with one attached hydrogen (secondary N) is 2. The summed E-state index contributed by atoms with van der Waals surface area (Å²) in [6, 6.07) is -0.119. The molecule has 2 fully saturated rings. The molecule has 0 radical (unpaired) electrons. The van der Waals surface area contributed by atoms with Crippen LogP contribution in [0.2, 0.25) is 0 Å². The summed E-state index contributed by atoms with van der Waals surface area (Å²) < 4.78 is 0. The molecule has 0 bridgehead atoms.